The van der Waals surface area contributed by atoms with Gasteiger partial charge in [0.25, 0.3) is 0 Å². The van der Waals surface area contributed by atoms with Crippen molar-refractivity contribution < 1.29 is 4.74 Å². The zero-order valence-electron chi connectivity index (χ0n) is 11.6. The lowest BCUT2D eigenvalue weighted by Crippen LogP contribution is -2.19. The van der Waals surface area contributed by atoms with Gasteiger partial charge in [-0.25, -0.2) is 9.97 Å². The molecule has 1 aromatic heterocycles. The lowest BCUT2D eigenvalue weighted by atomic mass is 9.92. The average Bonchev–Trinajstić information content (AvgIpc) is 2.68. The highest BCUT2D eigenvalue weighted by Crippen LogP contribution is 2.39. The summed E-state index contributed by atoms with van der Waals surface area (Å²) < 4.78 is 5.38. The highest BCUT2D eigenvalue weighted by Gasteiger charge is 2.31. The Morgan fingerprint density at radius 3 is 2.61 bits per heavy atom. The maximum Gasteiger partial charge on any atom is 0.204 e. The molecule has 0 radical (unpaired) electrons. The van der Waals surface area contributed by atoms with Crippen LogP contribution in [-0.2, 0) is 0 Å². The van der Waals surface area contributed by atoms with Crippen molar-refractivity contribution in [3.63, 3.8) is 0 Å². The molecule has 1 saturated carbocycles. The summed E-state index contributed by atoms with van der Waals surface area (Å²) in [5, 5.41) is 6.49. The van der Waals surface area contributed by atoms with Gasteiger partial charge in [-0.15, -0.1) is 0 Å². The number of hydrogen-bond donors (Lipinski definition) is 2. The van der Waals surface area contributed by atoms with E-state index < -0.39 is 0 Å². The fourth-order valence-electron chi connectivity index (χ4n) is 2.60. The Morgan fingerprint density at radius 2 is 2.06 bits per heavy atom. The van der Waals surface area contributed by atoms with Crippen LogP contribution in [-0.4, -0.2) is 30.2 Å². The summed E-state index contributed by atoms with van der Waals surface area (Å²) in [4.78, 5) is 8.43. The molecule has 0 aromatic carbocycles. The molecule has 1 heterocycles. The van der Waals surface area contributed by atoms with Gasteiger partial charge in [0.15, 0.2) is 11.6 Å². The molecule has 1 aliphatic carbocycles. The van der Waals surface area contributed by atoms with E-state index in [4.69, 9.17) is 4.74 Å². The summed E-state index contributed by atoms with van der Waals surface area (Å²) in [7, 11) is 3.47. The summed E-state index contributed by atoms with van der Waals surface area (Å²) in [5.74, 6) is 2.18. The molecule has 18 heavy (non-hydrogen) atoms. The maximum absolute atomic E-state index is 5.38. The molecular formula is C13H22N4O. The fraction of sp³-hybridized carbons (Fsp3) is 0.692. The lowest BCUT2D eigenvalue weighted by Gasteiger charge is -2.19. The molecule has 0 spiro atoms. The van der Waals surface area contributed by atoms with Gasteiger partial charge in [-0.1, -0.05) is 13.8 Å². The van der Waals surface area contributed by atoms with Crippen LogP contribution >= 0.6 is 0 Å². The molecule has 1 aromatic rings. The minimum atomic E-state index is 0.420. The predicted molar refractivity (Wildman–Crippen MR) is 73.2 cm³/mol. The van der Waals surface area contributed by atoms with E-state index in [-0.39, 0.29) is 0 Å². The quantitative estimate of drug-likeness (QED) is 0.860. The first kappa shape index (κ1) is 12.9. The number of nitrogens with one attached hydrogen (secondary N) is 2. The van der Waals surface area contributed by atoms with E-state index in [2.05, 4.69) is 34.4 Å². The second kappa shape index (κ2) is 5.00. The monoisotopic (exact) mass is 250 g/mol. The topological polar surface area (TPSA) is 59.1 Å². The third-order valence-electron chi connectivity index (χ3n) is 3.55. The Kier molecular flexibility index (Phi) is 3.59. The summed E-state index contributed by atoms with van der Waals surface area (Å²) in [6, 6.07) is 0.466. The molecule has 0 amide bonds. The number of anilines is 2. The second-order valence-electron chi connectivity index (χ2n) is 5.60. The lowest BCUT2D eigenvalue weighted by molar-refractivity contribution is 0.378. The van der Waals surface area contributed by atoms with E-state index in [1.54, 1.807) is 13.4 Å². The van der Waals surface area contributed by atoms with Gasteiger partial charge >= 0.3 is 0 Å². The summed E-state index contributed by atoms with van der Waals surface area (Å²) >= 11 is 0. The van der Waals surface area contributed by atoms with E-state index in [9.17, 15) is 0 Å². The van der Waals surface area contributed by atoms with Crippen LogP contribution in [0.25, 0.3) is 0 Å². The maximum atomic E-state index is 5.38. The van der Waals surface area contributed by atoms with Crippen LogP contribution < -0.4 is 15.4 Å². The number of aromatic nitrogens is 2. The minimum Gasteiger partial charge on any atom is -0.490 e. The van der Waals surface area contributed by atoms with Gasteiger partial charge in [-0.3, -0.25) is 0 Å². The molecule has 5 heteroatoms. The Hall–Kier alpha value is -1.52. The van der Waals surface area contributed by atoms with Crippen LogP contribution in [0, 0.1) is 5.41 Å². The van der Waals surface area contributed by atoms with E-state index >= 15 is 0 Å². The Labute approximate surface area is 108 Å². The molecule has 0 saturated heterocycles. The van der Waals surface area contributed by atoms with E-state index in [0.717, 1.165) is 12.2 Å². The smallest absolute Gasteiger partial charge is 0.204 e. The number of nitrogens with zero attached hydrogens (tertiary/aromatic N) is 2. The molecule has 1 unspecified atom stereocenters. The van der Waals surface area contributed by atoms with E-state index in [1.807, 2.05) is 7.05 Å². The number of ether oxygens (including phenoxy) is 1. The van der Waals surface area contributed by atoms with Crippen LogP contribution in [0.4, 0.5) is 11.6 Å². The number of hydrogen-bond acceptors (Lipinski definition) is 5. The highest BCUT2D eigenvalue weighted by atomic mass is 16.5. The van der Waals surface area contributed by atoms with Crippen molar-refractivity contribution in [2.45, 2.75) is 39.2 Å². The molecular weight excluding hydrogens is 228 g/mol. The van der Waals surface area contributed by atoms with Gasteiger partial charge in [0.2, 0.25) is 5.75 Å². The summed E-state index contributed by atoms with van der Waals surface area (Å²) in [6.45, 7) is 4.62. The van der Waals surface area contributed by atoms with Crippen molar-refractivity contribution in [1.82, 2.24) is 9.97 Å². The van der Waals surface area contributed by atoms with Crippen LogP contribution in [0.15, 0.2) is 6.33 Å². The van der Waals surface area contributed by atoms with Crippen molar-refractivity contribution in [2.24, 2.45) is 5.41 Å². The average molecular weight is 250 g/mol. The van der Waals surface area contributed by atoms with Crippen molar-refractivity contribution >= 4 is 11.6 Å². The molecule has 2 N–H and O–H groups in total. The molecule has 0 aliphatic heterocycles. The zero-order valence-corrected chi connectivity index (χ0v) is 11.6. The molecule has 1 fully saturated rings. The molecule has 0 bridgehead atoms. The van der Waals surface area contributed by atoms with Crippen LogP contribution in [0.1, 0.15) is 33.1 Å². The van der Waals surface area contributed by atoms with Crippen molar-refractivity contribution in [1.29, 1.82) is 0 Å². The third kappa shape index (κ3) is 2.66. The number of rotatable bonds is 4. The summed E-state index contributed by atoms with van der Waals surface area (Å²) in [5.41, 5.74) is 0.420. The van der Waals surface area contributed by atoms with Gasteiger partial charge in [0, 0.05) is 13.1 Å². The Bertz CT molecular complexity index is 419. The molecule has 1 atom stereocenters. The molecule has 5 nitrogen and oxygen atoms in total. The van der Waals surface area contributed by atoms with Crippen molar-refractivity contribution in [3.8, 4) is 5.75 Å². The van der Waals surface area contributed by atoms with Crippen LogP contribution in [0.2, 0.25) is 0 Å². The first-order valence-electron chi connectivity index (χ1n) is 6.39. The normalized spacial score (nSPS) is 21.7. The molecule has 1 aliphatic rings. The zero-order chi connectivity index (χ0) is 13.2. The van der Waals surface area contributed by atoms with Gasteiger partial charge < -0.3 is 15.4 Å². The second-order valence-corrected chi connectivity index (χ2v) is 5.60. The first-order chi connectivity index (χ1) is 8.55. The predicted octanol–water partition coefficient (Wildman–Crippen LogP) is 2.52. The largest absolute Gasteiger partial charge is 0.490 e. The molecule has 100 valence electrons. The van der Waals surface area contributed by atoms with Gasteiger partial charge in [-0.05, 0) is 24.7 Å². The SMILES string of the molecule is CNc1ncnc(NC2CCC(C)(C)C2)c1OC. The Balaban J connectivity index is 2.14. The van der Waals surface area contributed by atoms with E-state index in [1.165, 1.54) is 12.8 Å². The number of methoxy groups -OCH3 is 1. The van der Waals surface area contributed by atoms with Crippen LogP contribution in [0.3, 0.4) is 0 Å². The van der Waals surface area contributed by atoms with Crippen molar-refractivity contribution in [3.05, 3.63) is 6.33 Å². The highest BCUT2D eigenvalue weighted by molar-refractivity contribution is 5.63. The van der Waals surface area contributed by atoms with Crippen LogP contribution in [0.5, 0.6) is 5.75 Å². The first-order valence-corrected chi connectivity index (χ1v) is 6.39. The van der Waals surface area contributed by atoms with Gasteiger partial charge in [0.05, 0.1) is 7.11 Å². The van der Waals surface area contributed by atoms with Crippen molar-refractivity contribution in [2.75, 3.05) is 24.8 Å². The summed E-state index contributed by atoms with van der Waals surface area (Å²) in [6.07, 6.45) is 5.14. The van der Waals surface area contributed by atoms with Gasteiger partial charge in [0.1, 0.15) is 6.33 Å². The fourth-order valence-corrected chi connectivity index (χ4v) is 2.60. The third-order valence-corrected chi connectivity index (χ3v) is 3.55. The Morgan fingerprint density at radius 1 is 1.33 bits per heavy atom. The van der Waals surface area contributed by atoms with E-state index in [0.29, 0.717) is 23.0 Å². The minimum absolute atomic E-state index is 0.420. The standard InChI is InChI=1S/C13H22N4O/c1-13(2)6-5-9(7-13)17-12-10(18-4)11(14-3)15-8-16-12/h8-9H,5-7H2,1-4H3,(H2,14,15,16,17). The molecule has 2 rings (SSSR count). The van der Waals surface area contributed by atoms with Gasteiger partial charge in [-0.2, -0.15) is 0 Å².